The van der Waals surface area contributed by atoms with E-state index in [0.717, 1.165) is 32.4 Å². The summed E-state index contributed by atoms with van der Waals surface area (Å²) in [5, 5.41) is 12.0. The van der Waals surface area contributed by atoms with Crippen LogP contribution in [0.2, 0.25) is 0 Å². The molecule has 3 aliphatic rings. The first kappa shape index (κ1) is 23.7. The molecule has 0 amide bonds. The zero-order chi connectivity index (χ0) is 21.7. The van der Waals surface area contributed by atoms with Crippen LogP contribution in [-0.4, -0.2) is 68.7 Å². The zero-order valence-electron chi connectivity index (χ0n) is 19.8. The topological polar surface area (TPSA) is 57.8 Å². The van der Waals surface area contributed by atoms with E-state index in [1.165, 1.54) is 0 Å². The lowest BCUT2D eigenvalue weighted by atomic mass is 9.80. The quantitative estimate of drug-likeness (QED) is 0.512. The molecule has 0 atom stereocenters. The Morgan fingerprint density at radius 1 is 0.621 bits per heavy atom. The van der Waals surface area contributed by atoms with Gasteiger partial charge >= 0.3 is 0 Å². The molecule has 8 heteroatoms. The molecule has 3 saturated heterocycles. The second-order valence-corrected chi connectivity index (χ2v) is 12.7. The largest absolute Gasteiger partial charge is 0.307 e. The van der Waals surface area contributed by atoms with Crippen LogP contribution in [0.15, 0.2) is 0 Å². The maximum absolute atomic E-state index is 6.51. The molecule has 3 rings (SSSR count). The Kier molecular flexibility index (Phi) is 6.67. The Labute approximate surface area is 183 Å². The predicted molar refractivity (Wildman–Crippen MR) is 121 cm³/mol. The molecule has 0 spiro atoms. The molecule has 0 bridgehead atoms. The smallest absolute Gasteiger partial charge is 0.0820 e. The number of hydrogen-bond donors (Lipinski definition) is 4. The number of rotatable bonds is 4. The van der Waals surface area contributed by atoms with Crippen LogP contribution in [0, 0.1) is 0 Å². The van der Waals surface area contributed by atoms with Crippen molar-refractivity contribution in [3.8, 4) is 0 Å². The molecule has 0 radical (unpaired) electrons. The second kappa shape index (κ2) is 8.17. The minimum Gasteiger partial charge on any atom is -0.307 e. The van der Waals surface area contributed by atoms with Crippen LogP contribution in [0.25, 0.3) is 0 Å². The molecule has 3 heterocycles. The van der Waals surface area contributed by atoms with Gasteiger partial charge in [0.25, 0.3) is 0 Å². The SMILES string of the molecule is CC1(C)CC(NN2CN(Cl)CN(NC3CC(C)(C)NC(C)(C)C3)C2)CC(C)(C)N1. The summed E-state index contributed by atoms with van der Waals surface area (Å²) in [6.07, 6.45) is 4.39. The minimum atomic E-state index is 0.125. The number of halogens is 1. The third-order valence-corrected chi connectivity index (χ3v) is 6.31. The first-order chi connectivity index (χ1) is 13.1. The van der Waals surface area contributed by atoms with E-state index in [1.54, 1.807) is 0 Å². The summed E-state index contributed by atoms with van der Waals surface area (Å²) in [5.74, 6) is 0. The van der Waals surface area contributed by atoms with Crippen molar-refractivity contribution in [1.82, 2.24) is 35.9 Å². The average molecular weight is 430 g/mol. The van der Waals surface area contributed by atoms with Gasteiger partial charge in [-0.1, -0.05) is 0 Å². The first-order valence-electron chi connectivity index (χ1n) is 11.1. The number of piperidine rings is 2. The molecule has 0 aromatic carbocycles. The maximum Gasteiger partial charge on any atom is 0.0820 e. The average Bonchev–Trinajstić information content (AvgIpc) is 2.38. The van der Waals surface area contributed by atoms with Gasteiger partial charge in [0.15, 0.2) is 0 Å². The summed E-state index contributed by atoms with van der Waals surface area (Å²) in [7, 11) is 0. The standard InChI is InChI=1S/C21H44ClN7/c1-18(2)9-16(10-19(3,4)25-18)23-28-13-27(22)14-29(15-28)24-17-11-20(5,6)26-21(7,8)12-17/h16-17,23-26H,9-15H2,1-8H3. The van der Waals surface area contributed by atoms with Crippen LogP contribution in [0.4, 0.5) is 0 Å². The van der Waals surface area contributed by atoms with Gasteiger partial charge in [-0.15, -0.1) is 0 Å². The first-order valence-corrected chi connectivity index (χ1v) is 11.5. The van der Waals surface area contributed by atoms with Crippen molar-refractivity contribution in [2.24, 2.45) is 0 Å². The molecule has 3 fully saturated rings. The molecular formula is C21H44ClN7. The Morgan fingerprint density at radius 2 is 0.931 bits per heavy atom. The van der Waals surface area contributed by atoms with Gasteiger partial charge in [-0.2, -0.15) is 4.42 Å². The van der Waals surface area contributed by atoms with Gasteiger partial charge in [0.2, 0.25) is 0 Å². The van der Waals surface area contributed by atoms with Gasteiger partial charge in [-0.25, -0.2) is 20.9 Å². The van der Waals surface area contributed by atoms with E-state index < -0.39 is 0 Å². The highest BCUT2D eigenvalue weighted by atomic mass is 35.5. The molecule has 3 aliphatic heterocycles. The van der Waals surface area contributed by atoms with Crippen molar-refractivity contribution in [3.05, 3.63) is 0 Å². The minimum absolute atomic E-state index is 0.125. The van der Waals surface area contributed by atoms with E-state index >= 15 is 0 Å². The fourth-order valence-electron chi connectivity index (χ4n) is 6.22. The fraction of sp³-hybridized carbons (Fsp3) is 1.00. The van der Waals surface area contributed by atoms with E-state index in [9.17, 15) is 0 Å². The van der Waals surface area contributed by atoms with Crippen molar-refractivity contribution in [3.63, 3.8) is 0 Å². The molecular weight excluding hydrogens is 386 g/mol. The molecule has 0 saturated carbocycles. The number of nitrogens with one attached hydrogen (secondary N) is 4. The van der Waals surface area contributed by atoms with Crippen molar-refractivity contribution in [1.29, 1.82) is 0 Å². The Balaban J connectivity index is 1.59. The van der Waals surface area contributed by atoms with E-state index in [-0.39, 0.29) is 22.2 Å². The van der Waals surface area contributed by atoms with Crippen molar-refractivity contribution < 1.29 is 0 Å². The summed E-state index contributed by atoms with van der Waals surface area (Å²) in [5.41, 5.74) is 8.05. The highest BCUT2D eigenvalue weighted by Crippen LogP contribution is 2.30. The van der Waals surface area contributed by atoms with Gasteiger partial charge in [-0.3, -0.25) is 0 Å². The maximum atomic E-state index is 6.51. The van der Waals surface area contributed by atoms with Crippen molar-refractivity contribution in [2.45, 2.75) is 115 Å². The van der Waals surface area contributed by atoms with Crippen LogP contribution in [-0.2, 0) is 0 Å². The third kappa shape index (κ3) is 7.01. The normalized spacial score (nSPS) is 31.8. The van der Waals surface area contributed by atoms with E-state index in [0.29, 0.717) is 25.4 Å². The number of hydrazine groups is 2. The van der Waals surface area contributed by atoms with Gasteiger partial charge in [-0.05, 0) is 92.8 Å². The van der Waals surface area contributed by atoms with Crippen LogP contribution < -0.4 is 21.5 Å². The van der Waals surface area contributed by atoms with Gasteiger partial charge < -0.3 is 10.6 Å². The van der Waals surface area contributed by atoms with Crippen LogP contribution in [0.1, 0.15) is 81.1 Å². The molecule has 0 aliphatic carbocycles. The Hall–Kier alpha value is 0.01000. The molecule has 7 nitrogen and oxygen atoms in total. The summed E-state index contributed by atoms with van der Waals surface area (Å²) >= 11 is 6.51. The lowest BCUT2D eigenvalue weighted by Crippen LogP contribution is -2.68. The summed E-state index contributed by atoms with van der Waals surface area (Å²) < 4.78 is 1.85. The van der Waals surface area contributed by atoms with E-state index in [4.69, 9.17) is 11.8 Å². The number of nitrogens with zero attached hydrogens (tertiary/aromatic N) is 3. The van der Waals surface area contributed by atoms with Crippen LogP contribution in [0.3, 0.4) is 0 Å². The predicted octanol–water partition coefficient (Wildman–Crippen LogP) is 2.56. The molecule has 0 unspecified atom stereocenters. The molecule has 4 N–H and O–H groups in total. The summed E-state index contributed by atoms with van der Waals surface area (Å²) in [4.78, 5) is 0. The lowest BCUT2D eigenvalue weighted by Gasteiger charge is -2.50. The van der Waals surface area contributed by atoms with E-state index in [2.05, 4.69) is 86.9 Å². The van der Waals surface area contributed by atoms with Crippen molar-refractivity contribution >= 4 is 11.8 Å². The van der Waals surface area contributed by atoms with Gasteiger partial charge in [0.1, 0.15) is 0 Å². The second-order valence-electron chi connectivity index (χ2n) is 12.2. The third-order valence-electron chi connectivity index (χ3n) is 6.10. The molecule has 0 aromatic rings. The molecule has 0 aromatic heterocycles. The molecule has 29 heavy (non-hydrogen) atoms. The number of hydrogen-bond acceptors (Lipinski definition) is 7. The van der Waals surface area contributed by atoms with Crippen LogP contribution in [0.5, 0.6) is 0 Å². The highest BCUT2D eigenvalue weighted by Gasteiger charge is 2.40. The summed E-state index contributed by atoms with van der Waals surface area (Å²) in [6.45, 7) is 20.6. The molecule has 170 valence electrons. The zero-order valence-corrected chi connectivity index (χ0v) is 20.6. The highest BCUT2D eigenvalue weighted by molar-refractivity contribution is 6.13. The van der Waals surface area contributed by atoms with Gasteiger partial charge in [0.05, 0.1) is 20.0 Å². The van der Waals surface area contributed by atoms with Gasteiger partial charge in [0, 0.05) is 34.2 Å². The van der Waals surface area contributed by atoms with Crippen LogP contribution >= 0.6 is 11.8 Å². The lowest BCUT2D eigenvalue weighted by molar-refractivity contribution is -0.0734. The summed E-state index contributed by atoms with van der Waals surface area (Å²) in [6, 6.07) is 0.867. The fourth-order valence-corrected chi connectivity index (χ4v) is 6.48. The van der Waals surface area contributed by atoms with E-state index in [1.807, 2.05) is 4.42 Å². The van der Waals surface area contributed by atoms with Crippen molar-refractivity contribution in [2.75, 3.05) is 20.0 Å². The monoisotopic (exact) mass is 429 g/mol. The Morgan fingerprint density at radius 3 is 1.24 bits per heavy atom. The Bertz CT molecular complexity index is 497.